The average molecular weight is 665 g/mol. The van der Waals surface area contributed by atoms with Crippen LogP contribution in [0.5, 0.6) is 17.2 Å². The summed E-state index contributed by atoms with van der Waals surface area (Å²) in [6.45, 7) is 6.40. The molecule has 0 radical (unpaired) electrons. The van der Waals surface area contributed by atoms with Crippen LogP contribution in [0.3, 0.4) is 0 Å². The van der Waals surface area contributed by atoms with Gasteiger partial charge in [-0.3, -0.25) is 9.36 Å². The number of methoxy groups -OCH3 is 1. The maximum atomic E-state index is 14.2. The van der Waals surface area contributed by atoms with Crippen molar-refractivity contribution in [3.8, 4) is 17.2 Å². The van der Waals surface area contributed by atoms with Crippen molar-refractivity contribution in [3.63, 3.8) is 0 Å². The van der Waals surface area contributed by atoms with E-state index in [9.17, 15) is 14.0 Å². The SMILES string of the molecule is CCCC1=C(C(=O)OCC)[C@@H](c2cc(Cl)ccc2OC)n2c(s/c(=C/c3ccc(OCc4ccc(F)cc4)c(OCC)c3)c2=O)=N1. The largest absolute Gasteiger partial charge is 0.496 e. The molecular formula is C35H34ClFN2O6S. The number of aromatic nitrogens is 1. The van der Waals surface area contributed by atoms with Crippen molar-refractivity contribution in [2.75, 3.05) is 20.3 Å². The van der Waals surface area contributed by atoms with Gasteiger partial charge in [0.1, 0.15) is 24.2 Å². The number of hydrogen-bond donors (Lipinski definition) is 0. The highest BCUT2D eigenvalue weighted by atomic mass is 35.5. The summed E-state index contributed by atoms with van der Waals surface area (Å²) in [4.78, 5) is 32.9. The third-order valence-corrected chi connectivity index (χ3v) is 8.47. The molecule has 0 N–H and O–H groups in total. The number of thiazole rings is 1. The second kappa shape index (κ2) is 14.8. The molecule has 11 heteroatoms. The summed E-state index contributed by atoms with van der Waals surface area (Å²) in [5, 5.41) is 0.431. The summed E-state index contributed by atoms with van der Waals surface area (Å²) in [6.07, 6.45) is 3.00. The van der Waals surface area contributed by atoms with Gasteiger partial charge in [0.15, 0.2) is 16.3 Å². The topological polar surface area (TPSA) is 88.4 Å². The van der Waals surface area contributed by atoms with E-state index in [0.29, 0.717) is 61.5 Å². The van der Waals surface area contributed by atoms with E-state index in [0.717, 1.165) is 12.0 Å². The number of benzene rings is 3. The lowest BCUT2D eigenvalue weighted by atomic mass is 9.93. The molecule has 0 saturated heterocycles. The molecule has 8 nitrogen and oxygen atoms in total. The summed E-state index contributed by atoms with van der Waals surface area (Å²) in [6, 6.07) is 15.7. The molecule has 1 aromatic heterocycles. The highest BCUT2D eigenvalue weighted by Gasteiger charge is 2.36. The van der Waals surface area contributed by atoms with Gasteiger partial charge in [-0.2, -0.15) is 0 Å². The van der Waals surface area contributed by atoms with E-state index in [1.54, 1.807) is 55.5 Å². The first-order valence-electron chi connectivity index (χ1n) is 15.0. The molecule has 0 amide bonds. The van der Waals surface area contributed by atoms with E-state index in [-0.39, 0.29) is 30.2 Å². The van der Waals surface area contributed by atoms with Crippen molar-refractivity contribution in [1.82, 2.24) is 4.57 Å². The summed E-state index contributed by atoms with van der Waals surface area (Å²) in [5.41, 5.74) is 2.58. The molecule has 0 aliphatic carbocycles. The molecule has 2 heterocycles. The fourth-order valence-corrected chi connectivity index (χ4v) is 6.43. The molecule has 0 saturated carbocycles. The van der Waals surface area contributed by atoms with Gasteiger partial charge in [0.25, 0.3) is 5.56 Å². The molecule has 1 aliphatic rings. The number of carbonyl (C=O) groups excluding carboxylic acids is 1. The summed E-state index contributed by atoms with van der Waals surface area (Å²) in [7, 11) is 1.53. The summed E-state index contributed by atoms with van der Waals surface area (Å²) >= 11 is 7.66. The minimum absolute atomic E-state index is 0.164. The van der Waals surface area contributed by atoms with Crippen molar-refractivity contribution in [3.05, 3.63) is 119 Å². The lowest BCUT2D eigenvalue weighted by molar-refractivity contribution is -0.139. The molecule has 240 valence electrons. The maximum absolute atomic E-state index is 14.2. The molecule has 0 bridgehead atoms. The first-order chi connectivity index (χ1) is 22.3. The molecule has 0 spiro atoms. The van der Waals surface area contributed by atoms with Gasteiger partial charge >= 0.3 is 5.97 Å². The van der Waals surface area contributed by atoms with Crippen LogP contribution in [0, 0.1) is 5.82 Å². The molecule has 1 atom stereocenters. The smallest absolute Gasteiger partial charge is 0.338 e. The zero-order valence-electron chi connectivity index (χ0n) is 26.0. The highest BCUT2D eigenvalue weighted by molar-refractivity contribution is 7.07. The fraction of sp³-hybridized carbons (Fsp3) is 0.286. The minimum atomic E-state index is -0.867. The Hall–Kier alpha value is -4.41. The highest BCUT2D eigenvalue weighted by Crippen LogP contribution is 2.38. The molecule has 3 aromatic carbocycles. The van der Waals surface area contributed by atoms with Crippen LogP contribution in [0.25, 0.3) is 6.08 Å². The number of nitrogens with zero attached hydrogens (tertiary/aromatic N) is 2. The first-order valence-corrected chi connectivity index (χ1v) is 16.2. The Kier molecular flexibility index (Phi) is 10.6. The van der Waals surface area contributed by atoms with E-state index in [2.05, 4.69) is 0 Å². The second-order valence-corrected chi connectivity index (χ2v) is 11.8. The van der Waals surface area contributed by atoms with E-state index in [4.69, 9.17) is 35.5 Å². The average Bonchev–Trinajstić information content (AvgIpc) is 3.35. The minimum Gasteiger partial charge on any atom is -0.496 e. The maximum Gasteiger partial charge on any atom is 0.338 e. The van der Waals surface area contributed by atoms with Crippen molar-refractivity contribution in [2.45, 2.75) is 46.3 Å². The normalized spacial score (nSPS) is 14.5. The first kappa shape index (κ1) is 33.0. The van der Waals surface area contributed by atoms with E-state index >= 15 is 0 Å². The summed E-state index contributed by atoms with van der Waals surface area (Å²) in [5.74, 6) is 0.628. The monoisotopic (exact) mass is 664 g/mol. The third-order valence-electron chi connectivity index (χ3n) is 7.25. The zero-order valence-corrected chi connectivity index (χ0v) is 27.5. The van der Waals surface area contributed by atoms with Gasteiger partial charge in [0.2, 0.25) is 0 Å². The number of rotatable bonds is 12. The lowest BCUT2D eigenvalue weighted by Gasteiger charge is -2.27. The van der Waals surface area contributed by atoms with Crippen LogP contribution in [0.4, 0.5) is 4.39 Å². The molecule has 4 aromatic rings. The van der Waals surface area contributed by atoms with Crippen molar-refractivity contribution in [1.29, 1.82) is 0 Å². The van der Waals surface area contributed by atoms with E-state index < -0.39 is 12.0 Å². The van der Waals surface area contributed by atoms with Crippen LogP contribution in [0.15, 0.2) is 81.7 Å². The van der Waals surface area contributed by atoms with Crippen LogP contribution < -0.4 is 29.1 Å². The van der Waals surface area contributed by atoms with Crippen LogP contribution in [-0.4, -0.2) is 30.9 Å². The number of esters is 1. The fourth-order valence-electron chi connectivity index (χ4n) is 5.23. The van der Waals surface area contributed by atoms with Gasteiger partial charge in [-0.25, -0.2) is 14.2 Å². The van der Waals surface area contributed by atoms with Crippen molar-refractivity contribution in [2.24, 2.45) is 4.99 Å². The van der Waals surface area contributed by atoms with Crippen molar-refractivity contribution >= 4 is 35.0 Å². The van der Waals surface area contributed by atoms with Gasteiger partial charge in [-0.1, -0.05) is 54.5 Å². The van der Waals surface area contributed by atoms with Crippen LogP contribution >= 0.6 is 22.9 Å². The molecule has 0 unspecified atom stereocenters. The Morgan fingerprint density at radius 2 is 1.76 bits per heavy atom. The van der Waals surface area contributed by atoms with Gasteiger partial charge in [0, 0.05) is 10.6 Å². The molecular weight excluding hydrogens is 631 g/mol. The Balaban J connectivity index is 1.62. The van der Waals surface area contributed by atoms with Gasteiger partial charge in [-0.15, -0.1) is 0 Å². The standard InChI is InChI=1S/C35H34ClFN2O6S/c1-5-8-26-31(34(41)44-7-3)32(25-19-23(36)12-16-27(25)42-4)39-33(40)30(46-35(39)38-26)18-22-11-15-28(29(17-22)43-6-2)45-20-21-9-13-24(37)14-10-21/h9-19,32H,5-8,20H2,1-4H3/b30-18+/t32-/m1/s1. The molecule has 1 aliphatic heterocycles. The van der Waals surface area contributed by atoms with Crippen LogP contribution in [0.2, 0.25) is 5.02 Å². The third kappa shape index (κ3) is 7.03. The number of carbonyl (C=O) groups is 1. The van der Waals surface area contributed by atoms with Crippen LogP contribution in [0.1, 0.15) is 56.3 Å². The molecule has 46 heavy (non-hydrogen) atoms. The zero-order chi connectivity index (χ0) is 32.8. The number of hydrogen-bond acceptors (Lipinski definition) is 8. The van der Waals surface area contributed by atoms with E-state index in [1.807, 2.05) is 19.9 Å². The number of fused-ring (bicyclic) bond motifs is 1. The van der Waals surface area contributed by atoms with Crippen molar-refractivity contribution < 1.29 is 28.1 Å². The Bertz CT molecular complexity index is 1950. The number of halogens is 2. The second-order valence-electron chi connectivity index (χ2n) is 10.4. The predicted octanol–water partition coefficient (Wildman–Crippen LogP) is 6.36. The van der Waals surface area contributed by atoms with Crippen LogP contribution in [-0.2, 0) is 16.1 Å². The predicted molar refractivity (Wildman–Crippen MR) is 176 cm³/mol. The Morgan fingerprint density at radius 3 is 2.46 bits per heavy atom. The molecule has 5 rings (SSSR count). The Morgan fingerprint density at radius 1 is 1.00 bits per heavy atom. The lowest BCUT2D eigenvalue weighted by Crippen LogP contribution is -2.40. The van der Waals surface area contributed by atoms with Gasteiger partial charge < -0.3 is 18.9 Å². The number of ether oxygens (including phenoxy) is 4. The van der Waals surface area contributed by atoms with E-state index in [1.165, 1.54) is 35.1 Å². The quantitative estimate of drug-likeness (QED) is 0.164. The van der Waals surface area contributed by atoms with Gasteiger partial charge in [-0.05, 0) is 79.9 Å². The number of allylic oxidation sites excluding steroid dienone is 1. The van der Waals surface area contributed by atoms with Gasteiger partial charge in [0.05, 0.1) is 36.1 Å². The molecule has 0 fully saturated rings. The Labute approximate surface area is 275 Å². The summed E-state index contributed by atoms with van der Waals surface area (Å²) < 4.78 is 38.2.